The Hall–Kier alpha value is -2.25. The van der Waals surface area contributed by atoms with E-state index in [1.165, 1.54) is 0 Å². The zero-order valence-electron chi connectivity index (χ0n) is 11.1. The van der Waals surface area contributed by atoms with Gasteiger partial charge in [0.15, 0.2) is 5.82 Å². The second-order valence-corrected chi connectivity index (χ2v) is 4.85. The molecule has 0 aliphatic carbocycles. The van der Waals surface area contributed by atoms with E-state index in [4.69, 9.17) is 21.9 Å². The lowest BCUT2D eigenvalue weighted by Gasteiger charge is -1.96. The molecule has 3 rings (SSSR count). The first-order valence-corrected chi connectivity index (χ1v) is 6.80. The van der Waals surface area contributed by atoms with Gasteiger partial charge in [0, 0.05) is 12.6 Å². The number of nitrogens with zero attached hydrogens (tertiary/aromatic N) is 5. The summed E-state index contributed by atoms with van der Waals surface area (Å²) in [5, 5.41) is 12.5. The van der Waals surface area contributed by atoms with E-state index in [0.717, 1.165) is 5.69 Å². The summed E-state index contributed by atoms with van der Waals surface area (Å²) in [6.45, 7) is 0.920. The third-order valence-electron chi connectivity index (χ3n) is 2.86. The van der Waals surface area contributed by atoms with Gasteiger partial charge in [0.05, 0.1) is 16.3 Å². The number of nitrogens with two attached hydrogens (primary N) is 1. The summed E-state index contributed by atoms with van der Waals surface area (Å²) in [4.78, 5) is 4.32. The number of hydrogen-bond donors (Lipinski definition) is 1. The SMILES string of the molecule is NCCc1cn(Cc2noc(-c3ccccc3Cl)n2)nn1. The third kappa shape index (κ3) is 3.09. The molecule has 0 saturated heterocycles. The van der Waals surface area contributed by atoms with Crippen LogP contribution >= 0.6 is 11.6 Å². The minimum absolute atomic E-state index is 0.380. The predicted octanol–water partition coefficient (Wildman–Crippen LogP) is 1.53. The van der Waals surface area contributed by atoms with Gasteiger partial charge in [0.2, 0.25) is 0 Å². The molecule has 0 aliphatic rings. The molecule has 0 amide bonds. The first-order valence-electron chi connectivity index (χ1n) is 6.43. The molecule has 0 radical (unpaired) electrons. The summed E-state index contributed by atoms with van der Waals surface area (Å²) in [6.07, 6.45) is 2.51. The number of rotatable bonds is 5. The van der Waals surface area contributed by atoms with Crippen LogP contribution in [0, 0.1) is 0 Å². The fraction of sp³-hybridized carbons (Fsp3) is 0.231. The summed E-state index contributed by atoms with van der Waals surface area (Å²) in [6, 6.07) is 7.31. The van der Waals surface area contributed by atoms with Gasteiger partial charge in [-0.1, -0.05) is 34.1 Å². The second kappa shape index (κ2) is 6.02. The first-order chi connectivity index (χ1) is 10.3. The molecule has 0 saturated carbocycles. The van der Waals surface area contributed by atoms with E-state index < -0.39 is 0 Å². The average Bonchev–Trinajstić information content (AvgIpc) is 3.10. The van der Waals surface area contributed by atoms with Crippen LogP contribution in [-0.2, 0) is 13.0 Å². The van der Waals surface area contributed by atoms with E-state index >= 15 is 0 Å². The van der Waals surface area contributed by atoms with Crippen molar-refractivity contribution in [3.63, 3.8) is 0 Å². The molecule has 0 bridgehead atoms. The Balaban J connectivity index is 1.77. The Morgan fingerprint density at radius 3 is 2.95 bits per heavy atom. The Morgan fingerprint density at radius 2 is 2.14 bits per heavy atom. The molecule has 21 heavy (non-hydrogen) atoms. The minimum atomic E-state index is 0.380. The molecule has 2 heterocycles. The van der Waals surface area contributed by atoms with Crippen LogP contribution in [0.3, 0.4) is 0 Å². The summed E-state index contributed by atoms with van der Waals surface area (Å²) >= 11 is 6.10. The van der Waals surface area contributed by atoms with Crippen LogP contribution in [0.15, 0.2) is 35.0 Å². The Morgan fingerprint density at radius 1 is 1.29 bits per heavy atom. The molecule has 0 unspecified atom stereocenters. The van der Waals surface area contributed by atoms with Crippen molar-refractivity contribution in [2.75, 3.05) is 6.54 Å². The fourth-order valence-electron chi connectivity index (χ4n) is 1.89. The number of hydrogen-bond acceptors (Lipinski definition) is 6. The summed E-state index contributed by atoms with van der Waals surface area (Å²) in [5.41, 5.74) is 7.02. The standard InChI is InChI=1S/C13H13ClN6O/c14-11-4-2-1-3-10(11)13-16-12(18-21-13)8-20-7-9(5-6-15)17-19-20/h1-4,7H,5-6,8,15H2. The first kappa shape index (κ1) is 13.7. The van der Waals surface area contributed by atoms with Crippen molar-refractivity contribution in [3.05, 3.63) is 47.0 Å². The van der Waals surface area contributed by atoms with Gasteiger partial charge < -0.3 is 10.3 Å². The quantitative estimate of drug-likeness (QED) is 0.768. The van der Waals surface area contributed by atoms with Crippen LogP contribution in [0.1, 0.15) is 11.5 Å². The zero-order valence-corrected chi connectivity index (χ0v) is 11.9. The van der Waals surface area contributed by atoms with Crippen LogP contribution in [0.4, 0.5) is 0 Å². The van der Waals surface area contributed by atoms with Crippen LogP contribution < -0.4 is 5.73 Å². The number of benzene rings is 1. The molecule has 8 heteroatoms. The lowest BCUT2D eigenvalue weighted by Crippen LogP contribution is -2.03. The normalized spacial score (nSPS) is 11.0. The molecule has 2 N–H and O–H groups in total. The predicted molar refractivity (Wildman–Crippen MR) is 76.6 cm³/mol. The molecule has 3 aromatic rings. The Bertz CT molecular complexity index is 738. The van der Waals surface area contributed by atoms with E-state index in [0.29, 0.717) is 41.8 Å². The molecule has 2 aromatic heterocycles. The lowest BCUT2D eigenvalue weighted by atomic mass is 10.2. The summed E-state index contributed by atoms with van der Waals surface area (Å²) in [5.74, 6) is 0.895. The van der Waals surface area contributed by atoms with E-state index in [1.807, 2.05) is 24.4 Å². The molecular formula is C13H13ClN6O. The minimum Gasteiger partial charge on any atom is -0.334 e. The van der Waals surface area contributed by atoms with Crippen LogP contribution in [0.5, 0.6) is 0 Å². The average molecular weight is 305 g/mol. The highest BCUT2D eigenvalue weighted by Gasteiger charge is 2.12. The Labute approximate surface area is 125 Å². The van der Waals surface area contributed by atoms with Gasteiger partial charge in [-0.2, -0.15) is 4.98 Å². The third-order valence-corrected chi connectivity index (χ3v) is 3.19. The van der Waals surface area contributed by atoms with Crippen molar-refractivity contribution in [2.24, 2.45) is 5.73 Å². The van der Waals surface area contributed by atoms with Crippen molar-refractivity contribution >= 4 is 11.6 Å². The van der Waals surface area contributed by atoms with E-state index in [1.54, 1.807) is 10.7 Å². The van der Waals surface area contributed by atoms with Crippen LogP contribution in [-0.4, -0.2) is 31.7 Å². The summed E-state index contributed by atoms with van der Waals surface area (Å²) in [7, 11) is 0. The van der Waals surface area contributed by atoms with Gasteiger partial charge in [-0.25, -0.2) is 4.68 Å². The smallest absolute Gasteiger partial charge is 0.259 e. The monoisotopic (exact) mass is 304 g/mol. The van der Waals surface area contributed by atoms with E-state index in [-0.39, 0.29) is 0 Å². The zero-order chi connectivity index (χ0) is 14.7. The van der Waals surface area contributed by atoms with Gasteiger partial charge in [-0.3, -0.25) is 0 Å². The maximum Gasteiger partial charge on any atom is 0.259 e. The second-order valence-electron chi connectivity index (χ2n) is 4.44. The maximum atomic E-state index is 6.10. The topological polar surface area (TPSA) is 95.7 Å². The van der Waals surface area contributed by atoms with Crippen molar-refractivity contribution in [2.45, 2.75) is 13.0 Å². The van der Waals surface area contributed by atoms with Gasteiger partial charge in [-0.05, 0) is 18.7 Å². The van der Waals surface area contributed by atoms with Crippen molar-refractivity contribution in [1.29, 1.82) is 0 Å². The molecule has 0 spiro atoms. The molecule has 0 atom stereocenters. The molecule has 108 valence electrons. The Kier molecular flexibility index (Phi) is 3.94. The van der Waals surface area contributed by atoms with Gasteiger partial charge in [0.25, 0.3) is 5.89 Å². The van der Waals surface area contributed by atoms with Gasteiger partial charge >= 0.3 is 0 Å². The maximum absolute atomic E-state index is 6.10. The molecule has 0 fully saturated rings. The highest BCUT2D eigenvalue weighted by molar-refractivity contribution is 6.33. The largest absolute Gasteiger partial charge is 0.334 e. The molecular weight excluding hydrogens is 292 g/mol. The molecule has 0 aliphatic heterocycles. The van der Waals surface area contributed by atoms with Crippen LogP contribution in [0.25, 0.3) is 11.5 Å². The summed E-state index contributed by atoms with van der Waals surface area (Å²) < 4.78 is 6.88. The highest BCUT2D eigenvalue weighted by Crippen LogP contribution is 2.25. The fourth-order valence-corrected chi connectivity index (χ4v) is 2.10. The van der Waals surface area contributed by atoms with Crippen molar-refractivity contribution in [1.82, 2.24) is 25.1 Å². The molecule has 7 nitrogen and oxygen atoms in total. The molecule has 1 aromatic carbocycles. The van der Waals surface area contributed by atoms with Gasteiger partial charge in [-0.15, -0.1) is 5.10 Å². The van der Waals surface area contributed by atoms with Crippen LogP contribution in [0.2, 0.25) is 5.02 Å². The van der Waals surface area contributed by atoms with E-state index in [2.05, 4.69) is 20.5 Å². The number of halogens is 1. The lowest BCUT2D eigenvalue weighted by molar-refractivity contribution is 0.418. The van der Waals surface area contributed by atoms with E-state index in [9.17, 15) is 0 Å². The highest BCUT2D eigenvalue weighted by atomic mass is 35.5. The van der Waals surface area contributed by atoms with Crippen molar-refractivity contribution in [3.8, 4) is 11.5 Å². The van der Waals surface area contributed by atoms with Gasteiger partial charge in [0.1, 0.15) is 6.54 Å². The van der Waals surface area contributed by atoms with Crippen molar-refractivity contribution < 1.29 is 4.52 Å². The number of aromatic nitrogens is 5.